The van der Waals surface area contributed by atoms with Crippen LogP contribution < -0.4 is 15.2 Å². The molecule has 3 aromatic rings. The third kappa shape index (κ3) is 3.08. The first-order chi connectivity index (χ1) is 13.2. The molecule has 0 amide bonds. The zero-order chi connectivity index (χ0) is 20.1. The second-order valence-electron chi connectivity index (χ2n) is 6.14. The number of hydrogen-bond donors (Lipinski definition) is 1. The predicted molar refractivity (Wildman–Crippen MR) is 93.1 cm³/mol. The quantitative estimate of drug-likeness (QED) is 0.647. The predicted octanol–water partition coefficient (Wildman–Crippen LogP) is 4.59. The zero-order valence-corrected chi connectivity index (χ0v) is 14.5. The minimum absolute atomic E-state index is 0.0198. The van der Waals surface area contributed by atoms with Gasteiger partial charge < -0.3 is 15.2 Å². The number of aryl methyl sites for hydroxylation is 1. The molecule has 0 atom stereocenters. The average molecular weight is 391 g/mol. The summed E-state index contributed by atoms with van der Waals surface area (Å²) in [5.41, 5.74) is 5.91. The van der Waals surface area contributed by atoms with Crippen LogP contribution in [0.25, 0.3) is 22.5 Å². The Morgan fingerprint density at radius 2 is 1.68 bits per heavy atom. The Morgan fingerprint density at radius 1 is 0.964 bits per heavy atom. The number of fused-ring (bicyclic) bond motifs is 1. The van der Waals surface area contributed by atoms with Crippen LogP contribution in [-0.2, 0) is 6.18 Å². The summed E-state index contributed by atoms with van der Waals surface area (Å²) < 4.78 is 63.4. The number of rotatable bonds is 2. The lowest BCUT2D eigenvalue weighted by molar-refractivity contribution is -0.137. The van der Waals surface area contributed by atoms with Gasteiger partial charge in [0, 0.05) is 11.1 Å². The molecule has 0 aliphatic carbocycles. The molecule has 9 heteroatoms. The van der Waals surface area contributed by atoms with E-state index in [-0.39, 0.29) is 29.6 Å². The van der Waals surface area contributed by atoms with E-state index in [9.17, 15) is 17.6 Å². The Hall–Kier alpha value is -3.36. The van der Waals surface area contributed by atoms with Crippen molar-refractivity contribution in [3.8, 4) is 34.0 Å². The van der Waals surface area contributed by atoms with E-state index < -0.39 is 17.6 Å². The molecule has 1 aliphatic rings. The lowest BCUT2D eigenvalue weighted by Gasteiger charge is -2.14. The summed E-state index contributed by atoms with van der Waals surface area (Å²) in [7, 11) is 0. The van der Waals surface area contributed by atoms with Gasteiger partial charge in [0.2, 0.25) is 6.79 Å². The fraction of sp³-hybridized carbons (Fsp3) is 0.158. The largest absolute Gasteiger partial charge is 0.454 e. The van der Waals surface area contributed by atoms with Gasteiger partial charge in [-0.15, -0.1) is 0 Å². The summed E-state index contributed by atoms with van der Waals surface area (Å²) in [6.45, 7) is 1.68. The lowest BCUT2D eigenvalue weighted by atomic mass is 10.0. The molecule has 2 aromatic carbocycles. The third-order valence-electron chi connectivity index (χ3n) is 4.25. The van der Waals surface area contributed by atoms with Crippen molar-refractivity contribution >= 4 is 5.69 Å². The van der Waals surface area contributed by atoms with Gasteiger partial charge in [-0.25, -0.2) is 14.4 Å². The number of ether oxygens (including phenoxy) is 2. The van der Waals surface area contributed by atoms with Gasteiger partial charge in [0.05, 0.1) is 16.9 Å². The van der Waals surface area contributed by atoms with Crippen LogP contribution in [-0.4, -0.2) is 16.8 Å². The highest BCUT2D eigenvalue weighted by Crippen LogP contribution is 2.40. The molecule has 1 aliphatic heterocycles. The first-order valence-corrected chi connectivity index (χ1v) is 8.15. The van der Waals surface area contributed by atoms with Gasteiger partial charge in [0.1, 0.15) is 17.3 Å². The van der Waals surface area contributed by atoms with Gasteiger partial charge >= 0.3 is 6.18 Å². The van der Waals surface area contributed by atoms with Gasteiger partial charge in [-0.3, -0.25) is 0 Å². The Bertz CT molecular complexity index is 1080. The van der Waals surface area contributed by atoms with Gasteiger partial charge in [-0.2, -0.15) is 13.2 Å². The monoisotopic (exact) mass is 391 g/mol. The molecule has 4 rings (SSSR count). The maximum absolute atomic E-state index is 14.4. The van der Waals surface area contributed by atoms with Crippen molar-refractivity contribution in [2.45, 2.75) is 13.1 Å². The number of halogens is 4. The molecule has 0 fully saturated rings. The van der Waals surface area contributed by atoms with Crippen LogP contribution in [0.4, 0.5) is 23.2 Å². The Balaban J connectivity index is 1.84. The van der Waals surface area contributed by atoms with Crippen LogP contribution >= 0.6 is 0 Å². The molecule has 28 heavy (non-hydrogen) atoms. The van der Waals surface area contributed by atoms with E-state index in [1.54, 1.807) is 25.1 Å². The fourth-order valence-electron chi connectivity index (χ4n) is 2.93. The van der Waals surface area contributed by atoms with E-state index in [0.717, 1.165) is 12.1 Å². The van der Waals surface area contributed by atoms with E-state index in [1.807, 2.05) is 0 Å². The van der Waals surface area contributed by atoms with Crippen LogP contribution in [0.5, 0.6) is 11.5 Å². The van der Waals surface area contributed by atoms with E-state index in [4.69, 9.17) is 15.2 Å². The van der Waals surface area contributed by atoms with Crippen molar-refractivity contribution < 1.29 is 27.0 Å². The second-order valence-corrected chi connectivity index (χ2v) is 6.14. The third-order valence-corrected chi connectivity index (χ3v) is 4.25. The van der Waals surface area contributed by atoms with Crippen molar-refractivity contribution in [2.75, 3.05) is 12.5 Å². The number of aromatic nitrogens is 2. The average Bonchev–Trinajstić information content (AvgIpc) is 3.10. The van der Waals surface area contributed by atoms with E-state index in [1.165, 1.54) is 0 Å². The first-order valence-electron chi connectivity index (χ1n) is 8.15. The summed E-state index contributed by atoms with van der Waals surface area (Å²) in [6, 6.07) is 7.29. The number of nitrogen functional groups attached to an aromatic ring is 1. The van der Waals surface area contributed by atoms with Crippen LogP contribution in [0.3, 0.4) is 0 Å². The molecule has 5 nitrogen and oxygen atoms in total. The van der Waals surface area contributed by atoms with Crippen LogP contribution in [0.1, 0.15) is 11.4 Å². The number of benzene rings is 2. The topological polar surface area (TPSA) is 70.3 Å². The zero-order valence-electron chi connectivity index (χ0n) is 14.5. The number of anilines is 1. The molecule has 144 valence electrons. The molecule has 0 unspecified atom stereocenters. The minimum atomic E-state index is -4.65. The molecule has 0 saturated carbocycles. The minimum Gasteiger partial charge on any atom is -0.454 e. The van der Waals surface area contributed by atoms with E-state index >= 15 is 0 Å². The second kappa shape index (κ2) is 6.36. The number of alkyl halides is 3. The molecule has 0 spiro atoms. The maximum atomic E-state index is 14.4. The molecule has 0 radical (unpaired) electrons. The van der Waals surface area contributed by atoms with E-state index in [2.05, 4.69) is 9.97 Å². The van der Waals surface area contributed by atoms with Crippen molar-refractivity contribution in [1.82, 2.24) is 9.97 Å². The van der Waals surface area contributed by atoms with Crippen molar-refractivity contribution in [3.63, 3.8) is 0 Å². The van der Waals surface area contributed by atoms with Crippen LogP contribution in [0, 0.1) is 12.7 Å². The van der Waals surface area contributed by atoms with Gasteiger partial charge in [-0.05, 0) is 43.3 Å². The summed E-state index contributed by atoms with van der Waals surface area (Å²) >= 11 is 0. The fourth-order valence-corrected chi connectivity index (χ4v) is 2.93. The molecular formula is C19H13F4N3O2. The van der Waals surface area contributed by atoms with E-state index in [0.29, 0.717) is 28.8 Å². The summed E-state index contributed by atoms with van der Waals surface area (Å²) in [5, 5.41) is 0. The molecule has 0 saturated heterocycles. The van der Waals surface area contributed by atoms with Crippen molar-refractivity contribution in [1.29, 1.82) is 0 Å². The van der Waals surface area contributed by atoms with Crippen LogP contribution in [0.2, 0.25) is 0 Å². The molecule has 0 bridgehead atoms. The molecule has 1 aromatic heterocycles. The highest BCUT2D eigenvalue weighted by molar-refractivity contribution is 5.85. The molecular weight excluding hydrogens is 378 g/mol. The summed E-state index contributed by atoms with van der Waals surface area (Å²) in [5.74, 6) is 0.296. The number of hydrogen-bond acceptors (Lipinski definition) is 5. The summed E-state index contributed by atoms with van der Waals surface area (Å²) in [4.78, 5) is 8.45. The first kappa shape index (κ1) is 18.0. The Morgan fingerprint density at radius 3 is 2.39 bits per heavy atom. The van der Waals surface area contributed by atoms with Gasteiger partial charge in [-0.1, -0.05) is 0 Å². The van der Waals surface area contributed by atoms with Gasteiger partial charge in [0.25, 0.3) is 0 Å². The Labute approximate surface area is 156 Å². The van der Waals surface area contributed by atoms with Crippen molar-refractivity contribution in [2.24, 2.45) is 0 Å². The SMILES string of the molecule is Cc1nc(-c2ccc3c(c2)OCO3)c(N)c(-c2ccc(C(F)(F)F)cc2F)n1. The normalized spacial score (nSPS) is 13.0. The summed E-state index contributed by atoms with van der Waals surface area (Å²) in [6.07, 6.45) is -4.65. The maximum Gasteiger partial charge on any atom is 0.416 e. The standard InChI is InChI=1S/C19H13F4N3O2/c1-9-25-17(10-2-5-14-15(6-10)28-8-27-14)16(24)18(26-9)12-4-3-11(7-13(12)20)19(21,22)23/h2-7H,8,24H2,1H3. The lowest BCUT2D eigenvalue weighted by Crippen LogP contribution is -2.07. The highest BCUT2D eigenvalue weighted by atomic mass is 19.4. The Kier molecular flexibility index (Phi) is 4.10. The van der Waals surface area contributed by atoms with Crippen molar-refractivity contribution in [3.05, 3.63) is 53.6 Å². The van der Waals surface area contributed by atoms with Crippen LogP contribution in [0.15, 0.2) is 36.4 Å². The number of nitrogens with zero attached hydrogens (tertiary/aromatic N) is 2. The highest BCUT2D eigenvalue weighted by Gasteiger charge is 2.31. The smallest absolute Gasteiger partial charge is 0.416 e. The number of nitrogens with two attached hydrogens (primary N) is 1. The van der Waals surface area contributed by atoms with Gasteiger partial charge in [0.15, 0.2) is 11.5 Å². The molecule has 2 N–H and O–H groups in total. The molecule has 2 heterocycles.